The number of rotatable bonds is 9. The van der Waals surface area contributed by atoms with E-state index in [1.54, 1.807) is 0 Å². The minimum absolute atomic E-state index is 0.103. The Morgan fingerprint density at radius 2 is 2.17 bits per heavy atom. The Bertz CT molecular complexity index is 242. The van der Waals surface area contributed by atoms with Gasteiger partial charge in [-0.25, -0.2) is 0 Å². The molecule has 1 amide bonds. The number of carbonyl (C=O) groups excluding carboxylic acids is 1. The molecule has 1 aliphatic carbocycles. The van der Waals surface area contributed by atoms with Gasteiger partial charge >= 0.3 is 0 Å². The molecule has 0 saturated heterocycles. The van der Waals surface area contributed by atoms with E-state index >= 15 is 0 Å². The van der Waals surface area contributed by atoms with Crippen molar-refractivity contribution in [2.75, 3.05) is 19.7 Å². The highest BCUT2D eigenvalue weighted by Gasteiger charge is 2.31. The lowest BCUT2D eigenvalue weighted by molar-refractivity contribution is -0.127. The molecule has 0 aliphatic heterocycles. The maximum absolute atomic E-state index is 12.0. The molecule has 1 saturated carbocycles. The maximum atomic E-state index is 12.0. The van der Waals surface area contributed by atoms with Crippen LogP contribution in [0.15, 0.2) is 0 Å². The average Bonchev–Trinajstić information content (AvgIpc) is 2.30. The van der Waals surface area contributed by atoms with Crippen LogP contribution in [0, 0.1) is 0 Å². The van der Waals surface area contributed by atoms with Gasteiger partial charge in [0.1, 0.15) is 0 Å². The summed E-state index contributed by atoms with van der Waals surface area (Å²) in [5.74, 6) is 0.103. The van der Waals surface area contributed by atoms with E-state index in [1.807, 2.05) is 6.92 Å². The van der Waals surface area contributed by atoms with Gasteiger partial charge in [-0.05, 0) is 26.2 Å². The normalized spacial score (nSPS) is 17.6. The molecule has 1 aliphatic rings. The van der Waals surface area contributed by atoms with Crippen LogP contribution in [0.2, 0.25) is 0 Å². The second-order valence-electron chi connectivity index (χ2n) is 5.22. The first kappa shape index (κ1) is 15.4. The Hall–Kier alpha value is -0.610. The van der Waals surface area contributed by atoms with Crippen molar-refractivity contribution in [1.29, 1.82) is 0 Å². The first-order chi connectivity index (χ1) is 8.70. The largest absolute Gasteiger partial charge is 0.395 e. The fourth-order valence-corrected chi connectivity index (χ4v) is 2.41. The van der Waals surface area contributed by atoms with Crippen molar-refractivity contribution in [3.63, 3.8) is 0 Å². The van der Waals surface area contributed by atoms with E-state index in [0.29, 0.717) is 12.6 Å². The highest BCUT2D eigenvalue weighted by molar-refractivity contribution is 5.81. The van der Waals surface area contributed by atoms with Crippen molar-refractivity contribution in [3.8, 4) is 0 Å². The van der Waals surface area contributed by atoms with Gasteiger partial charge in [-0.15, -0.1) is 0 Å². The van der Waals surface area contributed by atoms with Crippen molar-refractivity contribution in [1.82, 2.24) is 10.2 Å². The third kappa shape index (κ3) is 4.58. The van der Waals surface area contributed by atoms with E-state index in [-0.39, 0.29) is 18.6 Å². The third-order valence-electron chi connectivity index (χ3n) is 3.86. The monoisotopic (exact) mass is 256 g/mol. The zero-order chi connectivity index (χ0) is 13.4. The van der Waals surface area contributed by atoms with E-state index in [1.165, 1.54) is 12.8 Å². The quantitative estimate of drug-likeness (QED) is 0.615. The van der Waals surface area contributed by atoms with Gasteiger partial charge in [-0.1, -0.05) is 26.2 Å². The lowest BCUT2D eigenvalue weighted by Gasteiger charge is -2.40. The lowest BCUT2D eigenvalue weighted by Crippen LogP contribution is -2.53. The smallest absolute Gasteiger partial charge is 0.237 e. The molecule has 1 atom stereocenters. The summed E-state index contributed by atoms with van der Waals surface area (Å²) < 4.78 is 0. The number of carbonyl (C=O) groups is 1. The van der Waals surface area contributed by atoms with Crippen molar-refractivity contribution < 1.29 is 9.90 Å². The summed E-state index contributed by atoms with van der Waals surface area (Å²) in [5.41, 5.74) is 0. The minimum Gasteiger partial charge on any atom is -0.395 e. The molecule has 106 valence electrons. The van der Waals surface area contributed by atoms with E-state index in [4.69, 9.17) is 5.11 Å². The summed E-state index contributed by atoms with van der Waals surface area (Å²) in [7, 11) is 0. The fourth-order valence-electron chi connectivity index (χ4n) is 2.41. The topological polar surface area (TPSA) is 52.6 Å². The Morgan fingerprint density at radius 3 is 2.67 bits per heavy atom. The summed E-state index contributed by atoms with van der Waals surface area (Å²) in [5, 5.41) is 12.1. The van der Waals surface area contributed by atoms with Crippen LogP contribution in [0.3, 0.4) is 0 Å². The average molecular weight is 256 g/mol. The molecule has 0 radical (unpaired) electrons. The molecular formula is C14H28N2O2. The van der Waals surface area contributed by atoms with Gasteiger partial charge in [-0.3, -0.25) is 9.69 Å². The van der Waals surface area contributed by atoms with Crippen LogP contribution in [0.5, 0.6) is 0 Å². The van der Waals surface area contributed by atoms with Crippen LogP contribution in [0.4, 0.5) is 0 Å². The molecule has 0 spiro atoms. The number of aliphatic hydroxyl groups is 1. The first-order valence-electron chi connectivity index (χ1n) is 7.35. The van der Waals surface area contributed by atoms with Crippen molar-refractivity contribution in [2.24, 2.45) is 0 Å². The molecular weight excluding hydrogens is 228 g/mol. The maximum Gasteiger partial charge on any atom is 0.237 e. The van der Waals surface area contributed by atoms with Gasteiger partial charge in [0, 0.05) is 19.1 Å². The second-order valence-corrected chi connectivity index (χ2v) is 5.22. The van der Waals surface area contributed by atoms with Gasteiger partial charge in [0.25, 0.3) is 0 Å². The van der Waals surface area contributed by atoms with Gasteiger partial charge < -0.3 is 10.4 Å². The van der Waals surface area contributed by atoms with Gasteiger partial charge in [-0.2, -0.15) is 0 Å². The minimum atomic E-state index is -0.121. The summed E-state index contributed by atoms with van der Waals surface area (Å²) >= 11 is 0. The first-order valence-corrected chi connectivity index (χ1v) is 7.35. The zero-order valence-corrected chi connectivity index (χ0v) is 11.8. The Labute approximate surface area is 111 Å². The molecule has 4 heteroatoms. The number of hydrogen-bond acceptors (Lipinski definition) is 3. The third-order valence-corrected chi connectivity index (χ3v) is 3.86. The van der Waals surface area contributed by atoms with E-state index in [9.17, 15) is 4.79 Å². The van der Waals surface area contributed by atoms with Crippen molar-refractivity contribution in [3.05, 3.63) is 0 Å². The number of nitrogens with zero attached hydrogens (tertiary/aromatic N) is 1. The Morgan fingerprint density at radius 1 is 1.44 bits per heavy atom. The highest BCUT2D eigenvalue weighted by atomic mass is 16.3. The molecule has 4 nitrogen and oxygen atoms in total. The Kier molecular flexibility index (Phi) is 7.28. The zero-order valence-electron chi connectivity index (χ0n) is 11.8. The molecule has 1 rings (SSSR count). The molecule has 18 heavy (non-hydrogen) atoms. The van der Waals surface area contributed by atoms with Crippen molar-refractivity contribution in [2.45, 2.75) is 64.5 Å². The number of nitrogens with one attached hydrogen (secondary N) is 1. The number of unbranched alkanes of at least 4 members (excludes halogenated alkanes) is 2. The van der Waals surface area contributed by atoms with Crippen LogP contribution in [-0.2, 0) is 4.79 Å². The number of amides is 1. The standard InChI is InChI=1S/C14H28N2O2/c1-3-4-5-9-15-14(18)12(2)16(10-11-17)13-7-6-8-13/h12-13,17H,3-11H2,1-2H3,(H,15,18). The van der Waals surface area contributed by atoms with Gasteiger partial charge in [0.2, 0.25) is 5.91 Å². The predicted molar refractivity (Wildman–Crippen MR) is 73.4 cm³/mol. The summed E-state index contributed by atoms with van der Waals surface area (Å²) in [6.45, 7) is 5.61. The molecule has 0 aromatic heterocycles. The number of aliphatic hydroxyl groups excluding tert-OH is 1. The van der Waals surface area contributed by atoms with Crippen LogP contribution in [-0.4, -0.2) is 47.7 Å². The van der Waals surface area contributed by atoms with Crippen LogP contribution in [0.1, 0.15) is 52.4 Å². The van der Waals surface area contributed by atoms with Crippen LogP contribution < -0.4 is 5.32 Å². The highest BCUT2D eigenvalue weighted by Crippen LogP contribution is 2.26. The van der Waals surface area contributed by atoms with E-state index < -0.39 is 0 Å². The summed E-state index contributed by atoms with van der Waals surface area (Å²) in [6.07, 6.45) is 6.96. The predicted octanol–water partition coefficient (Wildman–Crippen LogP) is 1.53. The number of hydrogen-bond donors (Lipinski definition) is 2. The second kappa shape index (κ2) is 8.48. The molecule has 0 heterocycles. The molecule has 0 aromatic carbocycles. The molecule has 0 bridgehead atoms. The summed E-state index contributed by atoms with van der Waals surface area (Å²) in [4.78, 5) is 14.2. The SMILES string of the molecule is CCCCCNC(=O)C(C)N(CCO)C1CCC1. The molecule has 1 fully saturated rings. The molecule has 2 N–H and O–H groups in total. The summed E-state index contributed by atoms with van der Waals surface area (Å²) in [6, 6.07) is 0.373. The van der Waals surface area contributed by atoms with Gasteiger partial charge in [0.15, 0.2) is 0 Å². The fraction of sp³-hybridized carbons (Fsp3) is 0.929. The van der Waals surface area contributed by atoms with Crippen LogP contribution >= 0.6 is 0 Å². The lowest BCUT2D eigenvalue weighted by atomic mass is 9.90. The van der Waals surface area contributed by atoms with Crippen LogP contribution in [0.25, 0.3) is 0 Å². The van der Waals surface area contributed by atoms with Gasteiger partial charge in [0.05, 0.1) is 12.6 Å². The molecule has 1 unspecified atom stereocenters. The Balaban J connectivity index is 2.33. The van der Waals surface area contributed by atoms with E-state index in [0.717, 1.165) is 32.2 Å². The molecule has 0 aromatic rings. The van der Waals surface area contributed by atoms with Crippen molar-refractivity contribution >= 4 is 5.91 Å². The van der Waals surface area contributed by atoms with E-state index in [2.05, 4.69) is 17.1 Å².